The average molecular weight is 408 g/mol. The fraction of sp³-hybridized carbons (Fsp3) is 0.500. The van der Waals surface area contributed by atoms with Crippen LogP contribution in [0.15, 0.2) is 22.7 Å². The number of carbonyl (C=O) groups is 3. The summed E-state index contributed by atoms with van der Waals surface area (Å²) in [6.45, 7) is 3.46. The van der Waals surface area contributed by atoms with Crippen molar-refractivity contribution in [3.05, 3.63) is 28.2 Å². The summed E-state index contributed by atoms with van der Waals surface area (Å²) in [6.07, 6.45) is 1.46. The van der Waals surface area contributed by atoms with E-state index in [0.29, 0.717) is 32.5 Å². The summed E-state index contributed by atoms with van der Waals surface area (Å²) in [5.74, 6) is -0.766. The summed E-state index contributed by atoms with van der Waals surface area (Å²) >= 11 is 3.46. The monoisotopic (exact) mass is 407 g/mol. The molecule has 2 heterocycles. The van der Waals surface area contributed by atoms with E-state index < -0.39 is 0 Å². The topological polar surface area (TPSA) is 83.7 Å². The maximum Gasteiger partial charge on any atom is 0.228 e. The molecular formula is C18H22BrN3O3. The molecule has 0 aromatic heterocycles. The van der Waals surface area contributed by atoms with Crippen LogP contribution in [-0.4, -0.2) is 42.3 Å². The van der Waals surface area contributed by atoms with Crippen LogP contribution in [0, 0.1) is 18.8 Å². The zero-order chi connectivity index (χ0) is 18.1. The predicted octanol–water partition coefficient (Wildman–Crippen LogP) is 1.83. The molecule has 3 amide bonds. The molecule has 3 rings (SSSR count). The Morgan fingerprint density at radius 3 is 2.48 bits per heavy atom. The van der Waals surface area contributed by atoms with Crippen molar-refractivity contribution in [2.45, 2.75) is 26.2 Å². The summed E-state index contributed by atoms with van der Waals surface area (Å²) in [4.78, 5) is 39.8. The Morgan fingerprint density at radius 1 is 1.20 bits per heavy atom. The smallest absolute Gasteiger partial charge is 0.228 e. The number of carbonyl (C=O) groups excluding carboxylic acids is 3. The van der Waals surface area contributed by atoms with Gasteiger partial charge in [-0.15, -0.1) is 0 Å². The summed E-state index contributed by atoms with van der Waals surface area (Å²) in [6, 6.07) is 5.76. The van der Waals surface area contributed by atoms with Crippen LogP contribution in [0.2, 0.25) is 0 Å². The molecule has 0 radical (unpaired) electrons. The van der Waals surface area contributed by atoms with Crippen LogP contribution in [-0.2, 0) is 14.4 Å². The molecule has 134 valence electrons. The number of likely N-dealkylation sites (tertiary alicyclic amines) is 1. The van der Waals surface area contributed by atoms with E-state index in [0.717, 1.165) is 15.7 Å². The van der Waals surface area contributed by atoms with E-state index >= 15 is 0 Å². The quantitative estimate of drug-likeness (QED) is 0.829. The number of nitrogens with two attached hydrogens (primary N) is 1. The number of primary amides is 1. The minimum Gasteiger partial charge on any atom is -0.369 e. The number of hydrogen-bond donors (Lipinski definition) is 1. The highest BCUT2D eigenvalue weighted by Gasteiger charge is 2.38. The zero-order valence-electron chi connectivity index (χ0n) is 14.2. The molecule has 0 saturated carbocycles. The highest BCUT2D eigenvalue weighted by Crippen LogP contribution is 2.30. The lowest BCUT2D eigenvalue weighted by Gasteiger charge is -2.32. The molecular weight excluding hydrogens is 386 g/mol. The van der Waals surface area contributed by atoms with Gasteiger partial charge in [0, 0.05) is 42.1 Å². The SMILES string of the molecule is Cc1cc(N2CC(C(=O)N3CCC(C(N)=O)CC3)CC2=O)ccc1Br. The normalized spacial score (nSPS) is 21.7. The number of aryl methyl sites for hydroxylation is 1. The van der Waals surface area contributed by atoms with Crippen molar-refractivity contribution in [2.75, 3.05) is 24.5 Å². The molecule has 1 aromatic carbocycles. The Balaban J connectivity index is 1.65. The van der Waals surface area contributed by atoms with Crippen LogP contribution >= 0.6 is 15.9 Å². The Labute approximate surface area is 155 Å². The number of benzene rings is 1. The lowest BCUT2D eigenvalue weighted by atomic mass is 9.95. The number of rotatable bonds is 3. The highest BCUT2D eigenvalue weighted by molar-refractivity contribution is 9.10. The van der Waals surface area contributed by atoms with Gasteiger partial charge >= 0.3 is 0 Å². The van der Waals surface area contributed by atoms with E-state index in [-0.39, 0.29) is 36.0 Å². The van der Waals surface area contributed by atoms with Crippen LogP contribution < -0.4 is 10.6 Å². The largest absolute Gasteiger partial charge is 0.369 e. The van der Waals surface area contributed by atoms with Crippen LogP contribution in [0.5, 0.6) is 0 Å². The number of piperidine rings is 1. The second-order valence-corrected chi connectivity index (χ2v) is 7.70. The van der Waals surface area contributed by atoms with E-state index in [2.05, 4.69) is 15.9 Å². The Kier molecular flexibility index (Phi) is 5.13. The average Bonchev–Trinajstić information content (AvgIpc) is 2.98. The minimum absolute atomic E-state index is 0.00704. The van der Waals surface area contributed by atoms with E-state index in [9.17, 15) is 14.4 Å². The predicted molar refractivity (Wildman–Crippen MR) is 97.8 cm³/mol. The van der Waals surface area contributed by atoms with E-state index in [1.807, 2.05) is 25.1 Å². The number of hydrogen-bond acceptors (Lipinski definition) is 3. The van der Waals surface area contributed by atoms with Gasteiger partial charge in [-0.3, -0.25) is 14.4 Å². The van der Waals surface area contributed by atoms with Crippen molar-refractivity contribution in [3.8, 4) is 0 Å². The third kappa shape index (κ3) is 3.71. The van der Waals surface area contributed by atoms with E-state index in [1.165, 1.54) is 0 Å². The second kappa shape index (κ2) is 7.15. The molecule has 2 fully saturated rings. The van der Waals surface area contributed by atoms with Gasteiger partial charge in [-0.25, -0.2) is 0 Å². The first-order valence-corrected chi connectivity index (χ1v) is 9.30. The van der Waals surface area contributed by atoms with Crippen molar-refractivity contribution in [1.29, 1.82) is 0 Å². The molecule has 7 heteroatoms. The van der Waals surface area contributed by atoms with Gasteiger partial charge in [0.15, 0.2) is 0 Å². The number of halogens is 1. The van der Waals surface area contributed by atoms with Gasteiger partial charge in [-0.05, 0) is 43.5 Å². The molecule has 0 aliphatic carbocycles. The minimum atomic E-state index is -0.318. The highest BCUT2D eigenvalue weighted by atomic mass is 79.9. The van der Waals surface area contributed by atoms with Crippen molar-refractivity contribution in [2.24, 2.45) is 17.6 Å². The molecule has 1 atom stereocenters. The first kappa shape index (κ1) is 17.9. The van der Waals surface area contributed by atoms with E-state index in [1.54, 1.807) is 9.80 Å². The van der Waals surface area contributed by atoms with Crippen molar-refractivity contribution < 1.29 is 14.4 Å². The first-order valence-electron chi connectivity index (χ1n) is 8.51. The first-order chi connectivity index (χ1) is 11.9. The molecule has 0 bridgehead atoms. The van der Waals surface area contributed by atoms with Crippen LogP contribution in [0.4, 0.5) is 5.69 Å². The molecule has 1 aromatic rings. The van der Waals surface area contributed by atoms with Gasteiger partial charge in [0.05, 0.1) is 5.92 Å². The Hall–Kier alpha value is -1.89. The Morgan fingerprint density at radius 2 is 1.88 bits per heavy atom. The van der Waals surface area contributed by atoms with Gasteiger partial charge < -0.3 is 15.5 Å². The van der Waals surface area contributed by atoms with Crippen molar-refractivity contribution in [1.82, 2.24) is 4.90 Å². The van der Waals surface area contributed by atoms with Crippen LogP contribution in [0.3, 0.4) is 0 Å². The molecule has 6 nitrogen and oxygen atoms in total. The zero-order valence-corrected chi connectivity index (χ0v) is 15.8. The molecule has 2 saturated heterocycles. The van der Waals surface area contributed by atoms with Gasteiger partial charge in [0.1, 0.15) is 0 Å². The van der Waals surface area contributed by atoms with Crippen molar-refractivity contribution in [3.63, 3.8) is 0 Å². The molecule has 0 spiro atoms. The maximum absolute atomic E-state index is 12.7. The van der Waals surface area contributed by atoms with Gasteiger partial charge in [-0.2, -0.15) is 0 Å². The van der Waals surface area contributed by atoms with Crippen molar-refractivity contribution >= 4 is 39.3 Å². The Bertz CT molecular complexity index is 714. The van der Waals surface area contributed by atoms with Gasteiger partial charge in [0.25, 0.3) is 0 Å². The second-order valence-electron chi connectivity index (χ2n) is 6.84. The summed E-state index contributed by atoms with van der Waals surface area (Å²) in [7, 11) is 0. The van der Waals surface area contributed by atoms with Gasteiger partial charge in [-0.1, -0.05) is 15.9 Å². The number of anilines is 1. The maximum atomic E-state index is 12.7. The molecule has 1 unspecified atom stereocenters. The lowest BCUT2D eigenvalue weighted by Crippen LogP contribution is -2.44. The molecule has 2 aliphatic rings. The lowest BCUT2D eigenvalue weighted by molar-refractivity contribution is -0.138. The third-order valence-electron chi connectivity index (χ3n) is 5.14. The summed E-state index contributed by atoms with van der Waals surface area (Å²) in [5, 5.41) is 0. The number of nitrogens with zero attached hydrogens (tertiary/aromatic N) is 2. The van der Waals surface area contributed by atoms with Crippen LogP contribution in [0.1, 0.15) is 24.8 Å². The van der Waals surface area contributed by atoms with E-state index in [4.69, 9.17) is 5.73 Å². The fourth-order valence-corrected chi connectivity index (χ4v) is 3.81. The van der Waals surface area contributed by atoms with Gasteiger partial charge in [0.2, 0.25) is 17.7 Å². The summed E-state index contributed by atoms with van der Waals surface area (Å²) in [5.41, 5.74) is 7.21. The number of amides is 3. The van der Waals surface area contributed by atoms with Crippen LogP contribution in [0.25, 0.3) is 0 Å². The molecule has 2 aliphatic heterocycles. The third-order valence-corrected chi connectivity index (χ3v) is 6.03. The standard InChI is InChI=1S/C18H22BrN3O3/c1-11-8-14(2-3-15(11)19)22-10-13(9-16(22)23)18(25)21-6-4-12(5-7-21)17(20)24/h2-3,8,12-13H,4-7,9-10H2,1H3,(H2,20,24). The fourth-order valence-electron chi connectivity index (χ4n) is 3.56. The summed E-state index contributed by atoms with van der Waals surface area (Å²) < 4.78 is 0.993. The molecule has 2 N–H and O–H groups in total. The molecule has 25 heavy (non-hydrogen) atoms.